The molecule has 5 heteroatoms. The smallest absolute Gasteiger partial charge is 0.0731 e. The zero-order valence-electron chi connectivity index (χ0n) is 14.7. The molecule has 0 spiro atoms. The third-order valence-electron chi connectivity index (χ3n) is 5.68. The Balaban J connectivity index is 0.00000182. The lowest BCUT2D eigenvalue weighted by molar-refractivity contribution is -0.0350. The number of hydrogen-bond acceptors (Lipinski definition) is 3. The Labute approximate surface area is 156 Å². The largest absolute Gasteiger partial charge is 0.392 e. The number of likely N-dealkylation sites (tertiary alicyclic amines) is 1. The fraction of sp³-hybridized carbons (Fsp3) is 0.600. The summed E-state index contributed by atoms with van der Waals surface area (Å²) in [5.74, 6) is 0. The van der Waals surface area contributed by atoms with Crippen LogP contribution in [-0.4, -0.2) is 52.5 Å². The lowest BCUT2D eigenvalue weighted by atomic mass is 9.91. The van der Waals surface area contributed by atoms with Crippen molar-refractivity contribution in [2.75, 3.05) is 19.7 Å². The van der Waals surface area contributed by atoms with Gasteiger partial charge < -0.3 is 14.4 Å². The molecule has 25 heavy (non-hydrogen) atoms. The summed E-state index contributed by atoms with van der Waals surface area (Å²) in [6, 6.07) is 11.2. The maximum atomic E-state index is 9.83. The standard InChI is InChI=1S/C20H28N2O2.ClH/c23-17-10-12-22(15-17)19-7-3-4-8-20(19)24-14-13-21-11-9-16-5-1-2-6-18(16)21;/h1-2,5-6,9,11,17,19-20,23H,3-4,7-8,10,12-15H2;1H/t17?,19?,20-;/m0./s1. The van der Waals surface area contributed by atoms with Gasteiger partial charge in [-0.25, -0.2) is 0 Å². The van der Waals surface area contributed by atoms with Gasteiger partial charge in [0.05, 0.1) is 18.8 Å². The molecule has 4 nitrogen and oxygen atoms in total. The van der Waals surface area contributed by atoms with Gasteiger partial charge in [0.25, 0.3) is 0 Å². The quantitative estimate of drug-likeness (QED) is 0.882. The van der Waals surface area contributed by atoms with Gasteiger partial charge in [-0.15, -0.1) is 12.4 Å². The molecule has 1 aromatic heterocycles. The van der Waals surface area contributed by atoms with Crippen LogP contribution >= 0.6 is 12.4 Å². The van der Waals surface area contributed by atoms with E-state index >= 15 is 0 Å². The van der Waals surface area contributed by atoms with E-state index in [1.165, 1.54) is 30.2 Å². The Kier molecular flexibility index (Phi) is 6.39. The molecule has 138 valence electrons. The van der Waals surface area contributed by atoms with Crippen molar-refractivity contribution in [1.29, 1.82) is 0 Å². The minimum atomic E-state index is -0.140. The van der Waals surface area contributed by atoms with Crippen molar-refractivity contribution in [2.24, 2.45) is 0 Å². The fourth-order valence-corrected chi connectivity index (χ4v) is 4.40. The minimum Gasteiger partial charge on any atom is -0.392 e. The Bertz CT molecular complexity index is 675. The van der Waals surface area contributed by atoms with Gasteiger partial charge in [-0.05, 0) is 36.8 Å². The number of ether oxygens (including phenoxy) is 1. The maximum absolute atomic E-state index is 9.83. The molecule has 1 saturated heterocycles. The van der Waals surface area contributed by atoms with E-state index in [1.54, 1.807) is 0 Å². The number of rotatable bonds is 5. The van der Waals surface area contributed by atoms with E-state index in [1.807, 2.05) is 0 Å². The van der Waals surface area contributed by atoms with Crippen molar-refractivity contribution in [3.63, 3.8) is 0 Å². The van der Waals surface area contributed by atoms with E-state index < -0.39 is 0 Å². The van der Waals surface area contributed by atoms with Crippen molar-refractivity contribution in [3.8, 4) is 0 Å². The molecule has 3 atom stereocenters. The average molecular weight is 365 g/mol. The summed E-state index contributed by atoms with van der Waals surface area (Å²) in [4.78, 5) is 2.46. The van der Waals surface area contributed by atoms with Gasteiger partial charge in [0, 0.05) is 37.4 Å². The Morgan fingerprint density at radius 3 is 2.76 bits per heavy atom. The average Bonchev–Trinajstić information content (AvgIpc) is 3.22. The molecule has 1 N–H and O–H groups in total. The van der Waals surface area contributed by atoms with Gasteiger partial charge in [-0.3, -0.25) is 4.90 Å². The second-order valence-electron chi connectivity index (χ2n) is 7.27. The number of hydrogen-bond donors (Lipinski definition) is 1. The molecule has 0 radical (unpaired) electrons. The van der Waals surface area contributed by atoms with Gasteiger partial charge in [0.15, 0.2) is 0 Å². The summed E-state index contributed by atoms with van der Waals surface area (Å²) >= 11 is 0. The van der Waals surface area contributed by atoms with Gasteiger partial charge in [-0.2, -0.15) is 0 Å². The number of aliphatic hydroxyl groups is 1. The van der Waals surface area contributed by atoms with Crippen LogP contribution in [0.3, 0.4) is 0 Å². The van der Waals surface area contributed by atoms with E-state index in [9.17, 15) is 5.11 Å². The molecular weight excluding hydrogens is 336 g/mol. The Morgan fingerprint density at radius 2 is 1.92 bits per heavy atom. The lowest BCUT2D eigenvalue weighted by Gasteiger charge is -2.37. The van der Waals surface area contributed by atoms with Crippen molar-refractivity contribution in [2.45, 2.75) is 56.9 Å². The highest BCUT2D eigenvalue weighted by atomic mass is 35.5. The molecular formula is C20H29ClN2O2. The van der Waals surface area contributed by atoms with Crippen molar-refractivity contribution in [3.05, 3.63) is 36.5 Å². The van der Waals surface area contributed by atoms with Gasteiger partial charge in [0.1, 0.15) is 0 Å². The molecule has 1 saturated carbocycles. The number of aromatic nitrogens is 1. The van der Waals surface area contributed by atoms with Crippen LogP contribution in [0.15, 0.2) is 36.5 Å². The summed E-state index contributed by atoms with van der Waals surface area (Å²) in [5, 5.41) is 11.1. The maximum Gasteiger partial charge on any atom is 0.0731 e. The first-order chi connectivity index (χ1) is 11.8. The van der Waals surface area contributed by atoms with Crippen LogP contribution in [0.2, 0.25) is 0 Å². The van der Waals surface area contributed by atoms with Crippen LogP contribution in [0.25, 0.3) is 10.9 Å². The third-order valence-corrected chi connectivity index (χ3v) is 5.68. The van der Waals surface area contributed by atoms with Gasteiger partial charge >= 0.3 is 0 Å². The van der Waals surface area contributed by atoms with Gasteiger partial charge in [-0.1, -0.05) is 31.0 Å². The van der Waals surface area contributed by atoms with Crippen LogP contribution in [0, 0.1) is 0 Å². The second kappa shape index (κ2) is 8.54. The molecule has 2 heterocycles. The van der Waals surface area contributed by atoms with E-state index in [0.717, 1.165) is 39.1 Å². The number of nitrogens with zero attached hydrogens (tertiary/aromatic N) is 2. The van der Waals surface area contributed by atoms with Crippen molar-refractivity contribution < 1.29 is 9.84 Å². The minimum absolute atomic E-state index is 0. The molecule has 2 unspecified atom stereocenters. The highest BCUT2D eigenvalue weighted by Crippen LogP contribution is 2.28. The zero-order chi connectivity index (χ0) is 16.4. The number of fused-ring (bicyclic) bond motifs is 1. The third kappa shape index (κ3) is 4.20. The van der Waals surface area contributed by atoms with E-state index in [0.29, 0.717) is 12.1 Å². The molecule has 0 bridgehead atoms. The predicted octanol–water partition coefficient (Wildman–Crippen LogP) is 3.46. The number of halogens is 1. The fourth-order valence-electron chi connectivity index (χ4n) is 4.40. The highest BCUT2D eigenvalue weighted by Gasteiger charge is 2.34. The predicted molar refractivity (Wildman–Crippen MR) is 103 cm³/mol. The first-order valence-electron chi connectivity index (χ1n) is 9.39. The van der Waals surface area contributed by atoms with Crippen LogP contribution in [0.1, 0.15) is 32.1 Å². The van der Waals surface area contributed by atoms with Crippen LogP contribution in [0.5, 0.6) is 0 Å². The summed E-state index contributed by atoms with van der Waals surface area (Å²) < 4.78 is 8.61. The van der Waals surface area contributed by atoms with E-state index in [4.69, 9.17) is 4.74 Å². The topological polar surface area (TPSA) is 37.6 Å². The number of aliphatic hydroxyl groups excluding tert-OH is 1. The Hall–Kier alpha value is -1.07. The molecule has 1 aliphatic heterocycles. The zero-order valence-corrected chi connectivity index (χ0v) is 15.5. The summed E-state index contributed by atoms with van der Waals surface area (Å²) in [5.41, 5.74) is 1.28. The molecule has 0 amide bonds. The first-order valence-corrected chi connectivity index (χ1v) is 9.39. The summed E-state index contributed by atoms with van der Waals surface area (Å²) in [6.07, 6.45) is 8.18. The second-order valence-corrected chi connectivity index (χ2v) is 7.27. The van der Waals surface area contributed by atoms with Crippen LogP contribution in [0.4, 0.5) is 0 Å². The number of para-hydroxylation sites is 1. The van der Waals surface area contributed by atoms with Crippen molar-refractivity contribution in [1.82, 2.24) is 9.47 Å². The molecule has 2 aliphatic rings. The molecule has 2 fully saturated rings. The summed E-state index contributed by atoms with van der Waals surface area (Å²) in [7, 11) is 0. The van der Waals surface area contributed by atoms with Gasteiger partial charge in [0.2, 0.25) is 0 Å². The Morgan fingerprint density at radius 1 is 1.08 bits per heavy atom. The van der Waals surface area contributed by atoms with Crippen molar-refractivity contribution >= 4 is 23.3 Å². The molecule has 1 aliphatic carbocycles. The monoisotopic (exact) mass is 364 g/mol. The van der Waals surface area contributed by atoms with E-state index in [2.05, 4.69) is 46.0 Å². The normalized spacial score (nSPS) is 27.5. The first kappa shape index (κ1) is 18.7. The molecule has 1 aromatic carbocycles. The lowest BCUT2D eigenvalue weighted by Crippen LogP contribution is -2.46. The highest BCUT2D eigenvalue weighted by molar-refractivity contribution is 5.85. The van der Waals surface area contributed by atoms with Crippen LogP contribution in [-0.2, 0) is 11.3 Å². The molecule has 4 rings (SSSR count). The van der Waals surface area contributed by atoms with Crippen LogP contribution < -0.4 is 0 Å². The number of benzene rings is 1. The SMILES string of the molecule is Cl.OC1CCN(C2CCCC[C@@H]2OCCn2ccc3ccccc32)C1. The molecule has 2 aromatic rings. The summed E-state index contributed by atoms with van der Waals surface area (Å²) in [6.45, 7) is 3.51. The number of β-amino-alcohol motifs (C(OH)–C–C–N with tert-alkyl or cyclic N) is 1. The van der Waals surface area contributed by atoms with E-state index in [-0.39, 0.29) is 18.5 Å².